The van der Waals surface area contributed by atoms with Gasteiger partial charge in [-0.1, -0.05) is 18.2 Å². The number of hydrogen-bond donors (Lipinski definition) is 1. The van der Waals surface area contributed by atoms with Gasteiger partial charge >= 0.3 is 7.12 Å². The zero-order valence-electron chi connectivity index (χ0n) is 12.3. The van der Waals surface area contributed by atoms with Crippen molar-refractivity contribution in [2.24, 2.45) is 0 Å². The average molecular weight is 278 g/mol. The molecule has 0 aromatic heterocycles. The lowest BCUT2D eigenvalue weighted by molar-refractivity contribution is 0.00578. The first-order valence-corrected chi connectivity index (χ1v) is 6.68. The Morgan fingerprint density at radius 3 is 2.10 bits per heavy atom. The summed E-state index contributed by atoms with van der Waals surface area (Å²) >= 11 is 0. The molecule has 1 fully saturated rings. The van der Waals surface area contributed by atoms with Gasteiger partial charge in [-0.05, 0) is 50.9 Å². The molecule has 20 heavy (non-hydrogen) atoms. The number of aliphatic hydroxyl groups is 1. The predicted molar refractivity (Wildman–Crippen MR) is 77.5 cm³/mol. The Balaban J connectivity index is 2.24. The molecule has 0 spiro atoms. The van der Waals surface area contributed by atoms with Crippen LogP contribution in [0.4, 0.5) is 4.39 Å². The molecule has 0 atom stereocenters. The third-order valence-corrected chi connectivity index (χ3v) is 3.96. The van der Waals surface area contributed by atoms with Crippen LogP contribution in [0.25, 0.3) is 6.08 Å². The van der Waals surface area contributed by atoms with Crippen LogP contribution < -0.4 is 0 Å². The Morgan fingerprint density at radius 2 is 1.65 bits per heavy atom. The lowest BCUT2D eigenvalue weighted by atomic mass is 9.77. The van der Waals surface area contributed by atoms with E-state index in [1.54, 1.807) is 18.2 Å². The average Bonchev–Trinajstić information content (AvgIpc) is 2.57. The van der Waals surface area contributed by atoms with Crippen molar-refractivity contribution >= 4 is 13.2 Å². The van der Waals surface area contributed by atoms with E-state index in [2.05, 4.69) is 0 Å². The summed E-state index contributed by atoms with van der Waals surface area (Å²) in [6, 6.07) is 6.06. The van der Waals surface area contributed by atoms with E-state index in [0.29, 0.717) is 5.47 Å². The predicted octanol–water partition coefficient (Wildman–Crippen LogP) is 2.83. The molecule has 5 heteroatoms. The minimum absolute atomic E-state index is 0.172. The second-order valence-corrected chi connectivity index (χ2v) is 6.02. The maximum Gasteiger partial charge on any atom is 0.492 e. The SMILES string of the molecule is CC1(C)OB(C(=Cc2ccc(F)cc2)CO)OC1(C)C. The third kappa shape index (κ3) is 2.95. The van der Waals surface area contributed by atoms with Crippen molar-refractivity contribution < 1.29 is 18.8 Å². The fourth-order valence-corrected chi connectivity index (χ4v) is 1.96. The first kappa shape index (κ1) is 15.2. The second kappa shape index (κ2) is 5.32. The summed E-state index contributed by atoms with van der Waals surface area (Å²) in [6.45, 7) is 7.66. The number of aliphatic hydroxyl groups excluding tert-OH is 1. The molecule has 108 valence electrons. The van der Waals surface area contributed by atoms with Crippen molar-refractivity contribution in [1.82, 2.24) is 0 Å². The van der Waals surface area contributed by atoms with Crippen LogP contribution in [0, 0.1) is 5.82 Å². The zero-order chi connectivity index (χ0) is 15.0. The Hall–Kier alpha value is -1.17. The van der Waals surface area contributed by atoms with Gasteiger partial charge in [0.15, 0.2) is 0 Å². The molecule has 0 bridgehead atoms. The first-order valence-electron chi connectivity index (χ1n) is 6.68. The van der Waals surface area contributed by atoms with E-state index >= 15 is 0 Å². The Bertz CT molecular complexity index is 492. The summed E-state index contributed by atoms with van der Waals surface area (Å²) in [6.07, 6.45) is 1.77. The van der Waals surface area contributed by atoms with Crippen LogP contribution in [0.5, 0.6) is 0 Å². The molecular formula is C15H20BFO3. The first-order chi connectivity index (χ1) is 9.25. The topological polar surface area (TPSA) is 38.7 Å². The smallest absolute Gasteiger partial charge is 0.400 e. The van der Waals surface area contributed by atoms with Gasteiger partial charge in [0.1, 0.15) is 5.82 Å². The van der Waals surface area contributed by atoms with Crippen LogP contribution in [0.2, 0.25) is 0 Å². The highest BCUT2D eigenvalue weighted by Crippen LogP contribution is 2.38. The summed E-state index contributed by atoms with van der Waals surface area (Å²) < 4.78 is 24.7. The molecule has 2 rings (SSSR count). The molecule has 1 aromatic rings. The molecule has 1 saturated heterocycles. The van der Waals surface area contributed by atoms with Crippen molar-refractivity contribution in [2.75, 3.05) is 6.61 Å². The monoisotopic (exact) mass is 278 g/mol. The fraction of sp³-hybridized carbons (Fsp3) is 0.467. The molecule has 0 aliphatic carbocycles. The van der Waals surface area contributed by atoms with Gasteiger partial charge in [-0.3, -0.25) is 0 Å². The van der Waals surface area contributed by atoms with Crippen LogP contribution in [-0.4, -0.2) is 30.0 Å². The number of rotatable bonds is 3. The van der Waals surface area contributed by atoms with Crippen molar-refractivity contribution in [3.05, 3.63) is 41.1 Å². The molecular weight excluding hydrogens is 258 g/mol. The van der Waals surface area contributed by atoms with Gasteiger partial charge in [0.05, 0.1) is 17.8 Å². The van der Waals surface area contributed by atoms with E-state index in [9.17, 15) is 9.50 Å². The minimum Gasteiger partial charge on any atom is -0.400 e. The van der Waals surface area contributed by atoms with E-state index in [1.807, 2.05) is 27.7 Å². The number of halogens is 1. The fourth-order valence-electron chi connectivity index (χ4n) is 1.96. The standard InChI is InChI=1S/C15H20BFO3/c1-14(2)15(3,4)20-16(19-14)12(10-18)9-11-5-7-13(17)8-6-11/h5-9,18H,10H2,1-4H3. The van der Waals surface area contributed by atoms with Crippen molar-refractivity contribution in [2.45, 2.75) is 38.9 Å². The molecule has 3 nitrogen and oxygen atoms in total. The molecule has 0 radical (unpaired) electrons. The van der Waals surface area contributed by atoms with Crippen molar-refractivity contribution in [3.8, 4) is 0 Å². The van der Waals surface area contributed by atoms with E-state index in [1.165, 1.54) is 12.1 Å². The molecule has 1 aliphatic heterocycles. The quantitative estimate of drug-likeness (QED) is 0.864. The summed E-state index contributed by atoms with van der Waals surface area (Å²) in [5.74, 6) is -0.289. The Kier molecular flexibility index (Phi) is 4.05. The highest BCUT2D eigenvalue weighted by molar-refractivity contribution is 6.55. The van der Waals surface area contributed by atoms with Crippen LogP contribution in [-0.2, 0) is 9.31 Å². The van der Waals surface area contributed by atoms with Crippen LogP contribution in [0.3, 0.4) is 0 Å². The van der Waals surface area contributed by atoms with Crippen LogP contribution >= 0.6 is 0 Å². The van der Waals surface area contributed by atoms with E-state index < -0.39 is 18.3 Å². The maximum atomic E-state index is 12.9. The molecule has 0 amide bonds. The molecule has 0 unspecified atom stereocenters. The lowest BCUT2D eigenvalue weighted by Crippen LogP contribution is -2.41. The van der Waals surface area contributed by atoms with E-state index in [0.717, 1.165) is 5.56 Å². The third-order valence-electron chi connectivity index (χ3n) is 3.96. The van der Waals surface area contributed by atoms with E-state index in [-0.39, 0.29) is 12.4 Å². The Morgan fingerprint density at radius 1 is 1.15 bits per heavy atom. The van der Waals surface area contributed by atoms with Crippen molar-refractivity contribution in [3.63, 3.8) is 0 Å². The summed E-state index contributed by atoms with van der Waals surface area (Å²) in [5.41, 5.74) is 0.518. The van der Waals surface area contributed by atoms with E-state index in [4.69, 9.17) is 9.31 Å². The van der Waals surface area contributed by atoms with Gasteiger partial charge in [-0.15, -0.1) is 0 Å². The van der Waals surface area contributed by atoms with Gasteiger partial charge in [0.2, 0.25) is 0 Å². The molecule has 1 heterocycles. The van der Waals surface area contributed by atoms with Gasteiger partial charge in [-0.25, -0.2) is 4.39 Å². The normalized spacial score (nSPS) is 21.3. The highest BCUT2D eigenvalue weighted by Gasteiger charge is 2.52. The summed E-state index contributed by atoms with van der Waals surface area (Å²) in [7, 11) is -0.588. The van der Waals surface area contributed by atoms with Gasteiger partial charge in [0.25, 0.3) is 0 Å². The molecule has 1 aliphatic rings. The second-order valence-electron chi connectivity index (χ2n) is 6.02. The molecule has 0 saturated carbocycles. The molecule has 1 aromatic carbocycles. The van der Waals surface area contributed by atoms with Gasteiger partial charge in [0, 0.05) is 0 Å². The Labute approximate surface area is 119 Å². The minimum atomic E-state index is -0.588. The molecule has 1 N–H and O–H groups in total. The lowest BCUT2D eigenvalue weighted by Gasteiger charge is -2.32. The summed E-state index contributed by atoms with van der Waals surface area (Å²) in [5, 5.41) is 9.54. The maximum absolute atomic E-state index is 12.9. The van der Waals surface area contributed by atoms with Crippen LogP contribution in [0.15, 0.2) is 29.7 Å². The number of hydrogen-bond acceptors (Lipinski definition) is 3. The highest BCUT2D eigenvalue weighted by atomic mass is 19.1. The van der Waals surface area contributed by atoms with Gasteiger partial charge < -0.3 is 14.4 Å². The number of benzene rings is 1. The van der Waals surface area contributed by atoms with Gasteiger partial charge in [-0.2, -0.15) is 0 Å². The summed E-state index contributed by atoms with van der Waals surface area (Å²) in [4.78, 5) is 0. The zero-order valence-corrected chi connectivity index (χ0v) is 12.3. The van der Waals surface area contributed by atoms with Crippen molar-refractivity contribution in [1.29, 1.82) is 0 Å². The van der Waals surface area contributed by atoms with Crippen LogP contribution in [0.1, 0.15) is 33.3 Å². The largest absolute Gasteiger partial charge is 0.492 e.